The number of rotatable bonds is 7. The van der Waals surface area contributed by atoms with Crippen LogP contribution in [0.3, 0.4) is 0 Å². The van der Waals surface area contributed by atoms with Gasteiger partial charge in [0.2, 0.25) is 0 Å². The Bertz CT molecular complexity index is 930. The second-order valence-electron chi connectivity index (χ2n) is 7.08. The molecule has 0 fully saturated rings. The summed E-state index contributed by atoms with van der Waals surface area (Å²) in [5.74, 6) is 0.788. The van der Waals surface area contributed by atoms with Crippen molar-refractivity contribution in [3.8, 4) is 5.75 Å². The van der Waals surface area contributed by atoms with Gasteiger partial charge in [0.05, 0.1) is 24.3 Å². The molecule has 0 aliphatic rings. The van der Waals surface area contributed by atoms with Gasteiger partial charge in [-0.3, -0.25) is 9.48 Å². The Hall–Kier alpha value is -3.08. The van der Waals surface area contributed by atoms with E-state index >= 15 is 0 Å². The highest BCUT2D eigenvalue weighted by atomic mass is 16.5. The third-order valence-corrected chi connectivity index (χ3v) is 4.83. The molecule has 0 radical (unpaired) electrons. The zero-order chi connectivity index (χ0) is 20.1. The van der Waals surface area contributed by atoms with E-state index in [2.05, 4.69) is 17.2 Å². The number of benzene rings is 2. The van der Waals surface area contributed by atoms with Crippen LogP contribution in [-0.4, -0.2) is 40.8 Å². The van der Waals surface area contributed by atoms with Crippen molar-refractivity contribution < 1.29 is 9.53 Å². The smallest absolute Gasteiger partial charge is 0.257 e. The molecule has 0 saturated heterocycles. The zero-order valence-electron chi connectivity index (χ0n) is 17.0. The molecule has 0 aliphatic carbocycles. The minimum absolute atomic E-state index is 0.0261. The third-order valence-electron chi connectivity index (χ3n) is 4.83. The SMILES string of the molecule is Cc1ccc(OCCN(C)C(=O)c2c(C)nn(Cc3ccccc3)c2C)cc1. The fourth-order valence-corrected chi connectivity index (χ4v) is 3.14. The van der Waals surface area contributed by atoms with Crippen LogP contribution >= 0.6 is 0 Å². The van der Waals surface area contributed by atoms with Crippen LogP contribution in [0, 0.1) is 20.8 Å². The van der Waals surface area contributed by atoms with E-state index in [4.69, 9.17) is 4.74 Å². The molecule has 0 atom stereocenters. The first-order valence-corrected chi connectivity index (χ1v) is 9.48. The first-order valence-electron chi connectivity index (χ1n) is 9.48. The molecular weight excluding hydrogens is 350 g/mol. The minimum atomic E-state index is -0.0261. The van der Waals surface area contributed by atoms with Gasteiger partial charge in [-0.2, -0.15) is 5.10 Å². The van der Waals surface area contributed by atoms with Gasteiger partial charge in [0.15, 0.2) is 0 Å². The van der Waals surface area contributed by atoms with Crippen molar-refractivity contribution in [2.24, 2.45) is 0 Å². The summed E-state index contributed by atoms with van der Waals surface area (Å²) in [6, 6.07) is 18.0. The number of carbonyl (C=O) groups excluding carboxylic acids is 1. The molecule has 0 bridgehead atoms. The minimum Gasteiger partial charge on any atom is -0.492 e. The molecule has 3 rings (SSSR count). The van der Waals surface area contributed by atoms with E-state index in [1.54, 1.807) is 11.9 Å². The van der Waals surface area contributed by atoms with Crippen LogP contribution in [0.25, 0.3) is 0 Å². The summed E-state index contributed by atoms with van der Waals surface area (Å²) in [6.07, 6.45) is 0. The number of amides is 1. The first-order chi connectivity index (χ1) is 13.5. The molecule has 0 saturated carbocycles. The van der Waals surface area contributed by atoms with E-state index in [1.807, 2.05) is 67.9 Å². The molecule has 0 unspecified atom stereocenters. The van der Waals surface area contributed by atoms with Crippen molar-refractivity contribution in [3.05, 3.63) is 82.7 Å². The predicted octanol–water partition coefficient (Wildman–Crippen LogP) is 4.01. The lowest BCUT2D eigenvalue weighted by Crippen LogP contribution is -2.31. The van der Waals surface area contributed by atoms with Gasteiger partial charge in [-0.15, -0.1) is 0 Å². The molecule has 146 valence electrons. The van der Waals surface area contributed by atoms with E-state index in [1.165, 1.54) is 5.56 Å². The van der Waals surface area contributed by atoms with Crippen LogP contribution in [0.2, 0.25) is 0 Å². The Labute approximate surface area is 166 Å². The zero-order valence-corrected chi connectivity index (χ0v) is 17.0. The number of carbonyl (C=O) groups is 1. The molecule has 0 N–H and O–H groups in total. The van der Waals surface area contributed by atoms with Crippen molar-refractivity contribution in [3.63, 3.8) is 0 Å². The van der Waals surface area contributed by atoms with Gasteiger partial charge in [0.25, 0.3) is 5.91 Å². The monoisotopic (exact) mass is 377 g/mol. The Morgan fingerprint density at radius 3 is 2.39 bits per heavy atom. The summed E-state index contributed by atoms with van der Waals surface area (Å²) in [6.45, 7) is 7.49. The van der Waals surface area contributed by atoms with Crippen molar-refractivity contribution in [2.75, 3.05) is 20.2 Å². The number of ether oxygens (including phenoxy) is 1. The molecule has 2 aromatic carbocycles. The second kappa shape index (κ2) is 8.74. The van der Waals surface area contributed by atoms with Crippen LogP contribution < -0.4 is 4.74 Å². The van der Waals surface area contributed by atoms with Crippen molar-refractivity contribution in [1.29, 1.82) is 0 Å². The van der Waals surface area contributed by atoms with Gasteiger partial charge in [-0.25, -0.2) is 0 Å². The number of hydrogen-bond acceptors (Lipinski definition) is 3. The quantitative estimate of drug-likeness (QED) is 0.625. The van der Waals surface area contributed by atoms with E-state index in [-0.39, 0.29) is 5.91 Å². The van der Waals surface area contributed by atoms with Crippen LogP contribution in [-0.2, 0) is 6.54 Å². The molecule has 28 heavy (non-hydrogen) atoms. The highest BCUT2D eigenvalue weighted by Crippen LogP contribution is 2.17. The number of likely N-dealkylation sites (N-methyl/N-ethyl adjacent to an activating group) is 1. The number of aromatic nitrogens is 2. The maximum Gasteiger partial charge on any atom is 0.257 e. The van der Waals surface area contributed by atoms with Gasteiger partial charge in [-0.1, -0.05) is 48.0 Å². The Kier molecular flexibility index (Phi) is 6.14. The summed E-state index contributed by atoms with van der Waals surface area (Å²) in [7, 11) is 1.80. The molecule has 3 aromatic rings. The number of aryl methyl sites for hydroxylation is 2. The van der Waals surface area contributed by atoms with Gasteiger partial charge in [0.1, 0.15) is 12.4 Å². The van der Waals surface area contributed by atoms with Crippen LogP contribution in [0.15, 0.2) is 54.6 Å². The summed E-state index contributed by atoms with van der Waals surface area (Å²) >= 11 is 0. The third kappa shape index (κ3) is 4.60. The average Bonchev–Trinajstić information content (AvgIpc) is 2.96. The second-order valence-corrected chi connectivity index (χ2v) is 7.08. The van der Waals surface area contributed by atoms with Gasteiger partial charge >= 0.3 is 0 Å². The van der Waals surface area contributed by atoms with Gasteiger partial charge in [0, 0.05) is 12.7 Å². The van der Waals surface area contributed by atoms with E-state index in [9.17, 15) is 4.79 Å². The number of nitrogens with zero attached hydrogens (tertiary/aromatic N) is 3. The van der Waals surface area contributed by atoms with Crippen molar-refractivity contribution >= 4 is 5.91 Å². The highest BCUT2D eigenvalue weighted by Gasteiger charge is 2.21. The van der Waals surface area contributed by atoms with Crippen LogP contribution in [0.4, 0.5) is 0 Å². The molecular formula is C23H27N3O2. The summed E-state index contributed by atoms with van der Waals surface area (Å²) in [4.78, 5) is 14.6. The normalized spacial score (nSPS) is 10.7. The summed E-state index contributed by atoms with van der Waals surface area (Å²) in [5.41, 5.74) is 4.67. The number of hydrogen-bond donors (Lipinski definition) is 0. The van der Waals surface area contributed by atoms with Crippen molar-refractivity contribution in [2.45, 2.75) is 27.3 Å². The van der Waals surface area contributed by atoms with Gasteiger partial charge < -0.3 is 9.64 Å². The Morgan fingerprint density at radius 2 is 1.71 bits per heavy atom. The highest BCUT2D eigenvalue weighted by molar-refractivity contribution is 5.96. The maximum atomic E-state index is 13.0. The first kappa shape index (κ1) is 19.7. The summed E-state index contributed by atoms with van der Waals surface area (Å²) in [5, 5.41) is 4.58. The molecule has 5 nitrogen and oxygen atoms in total. The lowest BCUT2D eigenvalue weighted by Gasteiger charge is -2.18. The van der Waals surface area contributed by atoms with E-state index < -0.39 is 0 Å². The Morgan fingerprint density at radius 1 is 1.04 bits per heavy atom. The molecule has 1 amide bonds. The van der Waals surface area contributed by atoms with Crippen LogP contribution in [0.1, 0.15) is 32.9 Å². The molecule has 1 aromatic heterocycles. The van der Waals surface area contributed by atoms with Crippen molar-refractivity contribution in [1.82, 2.24) is 14.7 Å². The molecule has 0 spiro atoms. The molecule has 1 heterocycles. The Balaban J connectivity index is 1.63. The predicted molar refractivity (Wildman–Crippen MR) is 111 cm³/mol. The topological polar surface area (TPSA) is 47.4 Å². The maximum absolute atomic E-state index is 13.0. The lowest BCUT2D eigenvalue weighted by atomic mass is 10.1. The molecule has 5 heteroatoms. The molecule has 0 aliphatic heterocycles. The standard InChI is InChI=1S/C23H27N3O2/c1-17-10-12-21(13-11-17)28-15-14-25(4)23(27)22-18(2)24-26(19(22)3)16-20-8-6-5-7-9-20/h5-13H,14-16H2,1-4H3. The average molecular weight is 377 g/mol. The lowest BCUT2D eigenvalue weighted by molar-refractivity contribution is 0.0772. The fraction of sp³-hybridized carbons (Fsp3) is 0.304. The van der Waals surface area contributed by atoms with Crippen LogP contribution in [0.5, 0.6) is 5.75 Å². The van der Waals surface area contributed by atoms with Gasteiger partial charge in [-0.05, 0) is 38.5 Å². The summed E-state index contributed by atoms with van der Waals surface area (Å²) < 4.78 is 7.65. The van der Waals surface area contributed by atoms with E-state index in [0.29, 0.717) is 25.3 Å². The fourth-order valence-electron chi connectivity index (χ4n) is 3.14. The van der Waals surface area contributed by atoms with E-state index in [0.717, 1.165) is 22.7 Å². The largest absolute Gasteiger partial charge is 0.492 e.